The van der Waals surface area contributed by atoms with Crippen LogP contribution in [0.1, 0.15) is 31.8 Å². The van der Waals surface area contributed by atoms with Gasteiger partial charge >= 0.3 is 0 Å². The van der Waals surface area contributed by atoms with Crippen LogP contribution in [0.5, 0.6) is 0 Å². The molecule has 0 N–H and O–H groups in total. The molecular weight excluding hydrogens is 380 g/mol. The number of halogens is 1. The summed E-state index contributed by atoms with van der Waals surface area (Å²) in [6.45, 7) is 6.27. The van der Waals surface area contributed by atoms with Crippen LogP contribution in [0.3, 0.4) is 0 Å². The number of aryl methyl sites for hydroxylation is 2. The molecule has 5 heteroatoms. The minimum atomic E-state index is 0.00533. The summed E-state index contributed by atoms with van der Waals surface area (Å²) in [4.78, 5) is 29.0. The number of hydrogen-bond acceptors (Lipinski definition) is 2. The number of piperazine rings is 1. The molecule has 0 saturated carbocycles. The van der Waals surface area contributed by atoms with Crippen LogP contribution in [0.25, 0.3) is 0 Å². The largest absolute Gasteiger partial charge is 0.335 e. The fourth-order valence-electron chi connectivity index (χ4n) is 2.97. The average Bonchev–Trinajstić information content (AvgIpc) is 2.63. The summed E-state index contributed by atoms with van der Waals surface area (Å²) in [5.74, 6) is 0.0434. The van der Waals surface area contributed by atoms with Crippen LogP contribution in [0.15, 0.2) is 46.9 Å². The lowest BCUT2D eigenvalue weighted by atomic mass is 10.1. The second-order valence-electron chi connectivity index (χ2n) is 6.36. The zero-order chi connectivity index (χ0) is 18.0. The van der Waals surface area contributed by atoms with Gasteiger partial charge in [-0.2, -0.15) is 0 Å². The molecule has 2 amide bonds. The Balaban J connectivity index is 1.65. The van der Waals surface area contributed by atoms with Gasteiger partial charge < -0.3 is 9.80 Å². The fraction of sp³-hybridized carbons (Fsp3) is 0.300. The molecule has 3 rings (SSSR count). The van der Waals surface area contributed by atoms with E-state index in [0.717, 1.165) is 10.0 Å². The van der Waals surface area contributed by atoms with Crippen molar-refractivity contribution in [3.63, 3.8) is 0 Å². The molecule has 130 valence electrons. The molecule has 25 heavy (non-hydrogen) atoms. The molecule has 1 aliphatic heterocycles. The van der Waals surface area contributed by atoms with E-state index in [-0.39, 0.29) is 11.8 Å². The number of rotatable bonds is 2. The maximum Gasteiger partial charge on any atom is 0.255 e. The van der Waals surface area contributed by atoms with E-state index < -0.39 is 0 Å². The smallest absolute Gasteiger partial charge is 0.255 e. The van der Waals surface area contributed by atoms with Crippen LogP contribution in [0, 0.1) is 13.8 Å². The van der Waals surface area contributed by atoms with Gasteiger partial charge in [-0.15, -0.1) is 0 Å². The predicted octanol–water partition coefficient (Wildman–Crippen LogP) is 3.66. The van der Waals surface area contributed by atoms with Crippen LogP contribution >= 0.6 is 15.9 Å². The van der Waals surface area contributed by atoms with Crippen LogP contribution < -0.4 is 0 Å². The summed E-state index contributed by atoms with van der Waals surface area (Å²) >= 11 is 3.43. The van der Waals surface area contributed by atoms with Gasteiger partial charge in [0.05, 0.1) is 5.56 Å². The van der Waals surface area contributed by atoms with E-state index in [4.69, 9.17) is 0 Å². The van der Waals surface area contributed by atoms with Crippen molar-refractivity contribution in [2.75, 3.05) is 26.2 Å². The van der Waals surface area contributed by atoms with E-state index in [2.05, 4.69) is 15.9 Å². The summed E-state index contributed by atoms with van der Waals surface area (Å²) in [5.41, 5.74) is 3.68. The van der Waals surface area contributed by atoms with Crippen molar-refractivity contribution in [1.29, 1.82) is 0 Å². The Hall–Kier alpha value is -2.14. The maximum absolute atomic E-state index is 12.7. The third kappa shape index (κ3) is 3.76. The van der Waals surface area contributed by atoms with Gasteiger partial charge in [0.15, 0.2) is 0 Å². The molecule has 0 spiro atoms. The Morgan fingerprint density at radius 2 is 1.44 bits per heavy atom. The number of carbonyl (C=O) groups excluding carboxylic acids is 2. The number of hydrogen-bond donors (Lipinski definition) is 0. The Labute approximate surface area is 156 Å². The molecule has 2 aromatic rings. The molecule has 1 fully saturated rings. The van der Waals surface area contributed by atoms with Crippen molar-refractivity contribution in [2.45, 2.75) is 13.8 Å². The van der Waals surface area contributed by atoms with E-state index in [0.29, 0.717) is 37.3 Å². The van der Waals surface area contributed by atoms with Gasteiger partial charge in [-0.05, 0) is 65.2 Å². The molecule has 0 bridgehead atoms. The number of amides is 2. The Morgan fingerprint density at radius 3 is 2.04 bits per heavy atom. The lowest BCUT2D eigenvalue weighted by Crippen LogP contribution is -2.50. The van der Waals surface area contributed by atoms with Crippen molar-refractivity contribution in [3.05, 3.63) is 69.2 Å². The minimum Gasteiger partial charge on any atom is -0.335 e. The summed E-state index contributed by atoms with van der Waals surface area (Å²) in [7, 11) is 0. The maximum atomic E-state index is 12.7. The van der Waals surface area contributed by atoms with Crippen LogP contribution in [-0.2, 0) is 0 Å². The van der Waals surface area contributed by atoms with Gasteiger partial charge in [0.2, 0.25) is 0 Å². The van der Waals surface area contributed by atoms with Gasteiger partial charge in [0, 0.05) is 36.2 Å². The van der Waals surface area contributed by atoms with Gasteiger partial charge in [-0.3, -0.25) is 9.59 Å². The molecular formula is C20H21BrN2O2. The first-order valence-electron chi connectivity index (χ1n) is 8.37. The lowest BCUT2D eigenvalue weighted by Gasteiger charge is -2.35. The first-order chi connectivity index (χ1) is 12.0. The third-order valence-electron chi connectivity index (χ3n) is 4.71. The zero-order valence-corrected chi connectivity index (χ0v) is 16.0. The van der Waals surface area contributed by atoms with Crippen molar-refractivity contribution >= 4 is 27.7 Å². The lowest BCUT2D eigenvalue weighted by molar-refractivity contribution is 0.0535. The van der Waals surface area contributed by atoms with Crippen LogP contribution in [-0.4, -0.2) is 47.8 Å². The average molecular weight is 401 g/mol. The highest BCUT2D eigenvalue weighted by Gasteiger charge is 2.26. The number of benzene rings is 2. The van der Waals surface area contributed by atoms with E-state index in [1.54, 1.807) is 0 Å². The van der Waals surface area contributed by atoms with Crippen LogP contribution in [0.4, 0.5) is 0 Å². The second-order valence-corrected chi connectivity index (χ2v) is 7.22. The second kappa shape index (κ2) is 7.40. The Bertz CT molecular complexity index is 811. The Morgan fingerprint density at radius 1 is 0.840 bits per heavy atom. The topological polar surface area (TPSA) is 40.6 Å². The number of nitrogens with zero attached hydrogens (tertiary/aromatic N) is 2. The minimum absolute atomic E-state index is 0.00533. The van der Waals surface area contributed by atoms with Crippen LogP contribution in [0.2, 0.25) is 0 Å². The molecule has 0 atom stereocenters. The summed E-state index contributed by atoms with van der Waals surface area (Å²) in [5, 5.41) is 0. The van der Waals surface area contributed by atoms with E-state index in [1.807, 2.05) is 66.1 Å². The molecule has 0 aromatic heterocycles. The number of carbonyl (C=O) groups is 2. The third-order valence-corrected chi connectivity index (χ3v) is 5.40. The van der Waals surface area contributed by atoms with E-state index >= 15 is 0 Å². The quantitative estimate of drug-likeness (QED) is 0.771. The molecule has 4 nitrogen and oxygen atoms in total. The summed E-state index contributed by atoms with van der Waals surface area (Å²) in [6, 6.07) is 13.2. The molecule has 0 radical (unpaired) electrons. The highest BCUT2D eigenvalue weighted by Crippen LogP contribution is 2.19. The zero-order valence-electron chi connectivity index (χ0n) is 14.5. The predicted molar refractivity (Wildman–Crippen MR) is 102 cm³/mol. The summed E-state index contributed by atoms with van der Waals surface area (Å²) < 4.78 is 0.800. The van der Waals surface area contributed by atoms with Gasteiger partial charge in [-0.25, -0.2) is 0 Å². The summed E-state index contributed by atoms with van der Waals surface area (Å²) in [6.07, 6.45) is 0. The van der Waals surface area contributed by atoms with Gasteiger partial charge in [0.1, 0.15) is 0 Å². The van der Waals surface area contributed by atoms with Gasteiger partial charge in [-0.1, -0.05) is 18.2 Å². The van der Waals surface area contributed by atoms with Crippen molar-refractivity contribution in [2.24, 2.45) is 0 Å². The first-order valence-corrected chi connectivity index (χ1v) is 9.17. The van der Waals surface area contributed by atoms with Crippen molar-refractivity contribution in [1.82, 2.24) is 9.80 Å². The molecule has 1 aliphatic rings. The first kappa shape index (κ1) is 17.7. The molecule has 2 aromatic carbocycles. The Kier molecular flexibility index (Phi) is 5.23. The molecule has 1 saturated heterocycles. The molecule has 0 unspecified atom stereocenters. The standard InChI is InChI=1S/C20H21BrN2O2/c1-14-7-8-16(13-15(14)2)19(24)22-9-11-23(12-10-22)20(25)17-5-3-4-6-18(17)21/h3-8,13H,9-12H2,1-2H3. The van der Waals surface area contributed by atoms with E-state index in [9.17, 15) is 9.59 Å². The van der Waals surface area contributed by atoms with Gasteiger partial charge in [0.25, 0.3) is 11.8 Å². The monoisotopic (exact) mass is 400 g/mol. The molecule has 1 heterocycles. The fourth-order valence-corrected chi connectivity index (χ4v) is 3.43. The van der Waals surface area contributed by atoms with E-state index in [1.165, 1.54) is 5.56 Å². The van der Waals surface area contributed by atoms with Crippen molar-refractivity contribution in [3.8, 4) is 0 Å². The molecule has 0 aliphatic carbocycles. The van der Waals surface area contributed by atoms with Crippen molar-refractivity contribution < 1.29 is 9.59 Å². The SMILES string of the molecule is Cc1ccc(C(=O)N2CCN(C(=O)c3ccccc3Br)CC2)cc1C. The highest BCUT2D eigenvalue weighted by atomic mass is 79.9. The normalized spacial score (nSPS) is 14.5. The highest BCUT2D eigenvalue weighted by molar-refractivity contribution is 9.10.